The molecule has 0 aliphatic carbocycles. The van der Waals surface area contributed by atoms with E-state index in [0.717, 1.165) is 22.8 Å². The van der Waals surface area contributed by atoms with Gasteiger partial charge in [0.1, 0.15) is 0 Å². The van der Waals surface area contributed by atoms with Gasteiger partial charge in [-0.25, -0.2) is 4.79 Å². The third-order valence-corrected chi connectivity index (χ3v) is 2.81. The number of ether oxygens (including phenoxy) is 1. The van der Waals surface area contributed by atoms with Crippen LogP contribution in [0.25, 0.3) is 0 Å². The number of hydrogen-bond donors (Lipinski definition) is 0. The van der Waals surface area contributed by atoms with Crippen molar-refractivity contribution in [2.75, 3.05) is 11.0 Å². The van der Waals surface area contributed by atoms with Gasteiger partial charge in [0.15, 0.2) is 0 Å². The van der Waals surface area contributed by atoms with E-state index < -0.39 is 0 Å². The van der Waals surface area contributed by atoms with E-state index in [9.17, 15) is 4.79 Å². The summed E-state index contributed by atoms with van der Waals surface area (Å²) in [6.07, 6.45) is 2.04. The molecule has 0 radical (unpaired) electrons. The number of hydrogen-bond acceptors (Lipinski definition) is 2. The van der Waals surface area contributed by atoms with Crippen molar-refractivity contribution in [2.45, 2.75) is 19.8 Å². The largest absolute Gasteiger partial charge is 0.462 e. The Balaban J connectivity index is 2.37. The monoisotopic (exact) mass is 318 g/mol. The van der Waals surface area contributed by atoms with E-state index in [1.54, 1.807) is 12.1 Å². The summed E-state index contributed by atoms with van der Waals surface area (Å²) in [6, 6.07) is 7.44. The molecule has 0 heterocycles. The molecule has 0 spiro atoms. The van der Waals surface area contributed by atoms with Crippen LogP contribution < -0.4 is 0 Å². The fraction of sp³-hybridized carbons (Fsp3) is 0.417. The topological polar surface area (TPSA) is 26.3 Å². The minimum atomic E-state index is -0.219. The van der Waals surface area contributed by atoms with Gasteiger partial charge in [0.05, 0.1) is 12.2 Å². The molecule has 0 saturated carbocycles. The van der Waals surface area contributed by atoms with Crippen molar-refractivity contribution in [3.63, 3.8) is 0 Å². The van der Waals surface area contributed by atoms with Crippen LogP contribution >= 0.6 is 22.6 Å². The zero-order valence-electron chi connectivity index (χ0n) is 8.83. The molecule has 0 bridgehead atoms. The van der Waals surface area contributed by atoms with Crippen LogP contribution in [0.4, 0.5) is 0 Å². The van der Waals surface area contributed by atoms with E-state index in [2.05, 4.69) is 22.6 Å². The summed E-state index contributed by atoms with van der Waals surface area (Å²) < 4.78 is 6.24. The molecule has 1 aromatic carbocycles. The highest BCUT2D eigenvalue weighted by atomic mass is 127. The Labute approximate surface area is 104 Å². The predicted molar refractivity (Wildman–Crippen MR) is 69.6 cm³/mol. The van der Waals surface area contributed by atoms with Gasteiger partial charge < -0.3 is 4.74 Å². The zero-order chi connectivity index (χ0) is 11.1. The number of alkyl halides is 1. The van der Waals surface area contributed by atoms with Gasteiger partial charge in [0.2, 0.25) is 0 Å². The van der Waals surface area contributed by atoms with E-state index in [1.165, 1.54) is 0 Å². The minimum Gasteiger partial charge on any atom is -0.462 e. The molecule has 0 aliphatic rings. The highest BCUT2D eigenvalue weighted by molar-refractivity contribution is 14.1. The van der Waals surface area contributed by atoms with Gasteiger partial charge in [-0.2, -0.15) is 0 Å². The SMILES string of the molecule is Cc1ccc(C(=O)OCCCCI)cc1. The first-order chi connectivity index (χ1) is 7.24. The van der Waals surface area contributed by atoms with Crippen molar-refractivity contribution in [1.82, 2.24) is 0 Å². The smallest absolute Gasteiger partial charge is 0.338 e. The third-order valence-electron chi connectivity index (χ3n) is 2.05. The number of unbranched alkanes of at least 4 members (excludes halogenated alkanes) is 1. The van der Waals surface area contributed by atoms with Crippen LogP contribution in [0.3, 0.4) is 0 Å². The predicted octanol–water partition coefficient (Wildman–Crippen LogP) is 3.37. The van der Waals surface area contributed by atoms with Gasteiger partial charge in [-0.3, -0.25) is 0 Å². The van der Waals surface area contributed by atoms with E-state index >= 15 is 0 Å². The van der Waals surface area contributed by atoms with Crippen molar-refractivity contribution in [3.8, 4) is 0 Å². The van der Waals surface area contributed by atoms with Crippen molar-refractivity contribution < 1.29 is 9.53 Å². The second-order valence-corrected chi connectivity index (χ2v) is 4.48. The zero-order valence-corrected chi connectivity index (χ0v) is 11.0. The Kier molecular flexibility index (Phi) is 5.68. The molecule has 0 aliphatic heterocycles. The molecule has 15 heavy (non-hydrogen) atoms. The highest BCUT2D eigenvalue weighted by Gasteiger charge is 2.05. The Morgan fingerprint density at radius 2 is 1.93 bits per heavy atom. The molecule has 82 valence electrons. The summed E-state index contributed by atoms with van der Waals surface area (Å²) in [7, 11) is 0. The summed E-state index contributed by atoms with van der Waals surface area (Å²) >= 11 is 2.32. The first-order valence-electron chi connectivity index (χ1n) is 5.04. The van der Waals surface area contributed by atoms with Gasteiger partial charge in [0, 0.05) is 0 Å². The molecule has 0 amide bonds. The lowest BCUT2D eigenvalue weighted by Crippen LogP contribution is -2.06. The lowest BCUT2D eigenvalue weighted by atomic mass is 10.1. The first-order valence-corrected chi connectivity index (χ1v) is 6.56. The summed E-state index contributed by atoms with van der Waals surface area (Å²) in [6.45, 7) is 2.52. The molecule has 1 rings (SSSR count). The normalized spacial score (nSPS) is 10.0. The van der Waals surface area contributed by atoms with Crippen LogP contribution in [0.15, 0.2) is 24.3 Å². The number of halogens is 1. The molecule has 1 aromatic rings. The molecule has 0 fully saturated rings. The van der Waals surface area contributed by atoms with Crippen LogP contribution in [0.5, 0.6) is 0 Å². The average Bonchev–Trinajstić information content (AvgIpc) is 2.25. The third kappa shape index (κ3) is 4.64. The maximum atomic E-state index is 11.5. The van der Waals surface area contributed by atoms with E-state index in [1.807, 2.05) is 19.1 Å². The average molecular weight is 318 g/mol. The number of rotatable bonds is 5. The fourth-order valence-electron chi connectivity index (χ4n) is 1.13. The number of carbonyl (C=O) groups excluding carboxylic acids is 1. The van der Waals surface area contributed by atoms with Crippen LogP contribution in [0.2, 0.25) is 0 Å². The summed E-state index contributed by atoms with van der Waals surface area (Å²) in [5, 5.41) is 0. The lowest BCUT2D eigenvalue weighted by molar-refractivity contribution is 0.0500. The lowest BCUT2D eigenvalue weighted by Gasteiger charge is -2.04. The maximum Gasteiger partial charge on any atom is 0.338 e. The van der Waals surface area contributed by atoms with Crippen molar-refractivity contribution >= 4 is 28.6 Å². The van der Waals surface area contributed by atoms with Crippen molar-refractivity contribution in [3.05, 3.63) is 35.4 Å². The van der Waals surface area contributed by atoms with Gasteiger partial charge in [0.25, 0.3) is 0 Å². The summed E-state index contributed by atoms with van der Waals surface area (Å²) in [5.41, 5.74) is 1.78. The Hall–Kier alpha value is -0.580. The van der Waals surface area contributed by atoms with Gasteiger partial charge in [-0.05, 0) is 36.3 Å². The standard InChI is InChI=1S/C12H15IO2/c1-10-4-6-11(7-5-10)12(14)15-9-3-2-8-13/h4-7H,2-3,8-9H2,1H3. The van der Waals surface area contributed by atoms with Gasteiger partial charge >= 0.3 is 5.97 Å². The molecule has 0 aromatic heterocycles. The van der Waals surface area contributed by atoms with Crippen LogP contribution in [-0.2, 0) is 4.74 Å². The second-order valence-electron chi connectivity index (χ2n) is 3.40. The molecule has 3 heteroatoms. The second kappa shape index (κ2) is 6.82. The van der Waals surface area contributed by atoms with E-state index in [-0.39, 0.29) is 5.97 Å². The van der Waals surface area contributed by atoms with E-state index in [0.29, 0.717) is 12.2 Å². The van der Waals surface area contributed by atoms with Gasteiger partial charge in [-0.15, -0.1) is 0 Å². The number of carbonyl (C=O) groups is 1. The maximum absolute atomic E-state index is 11.5. The fourth-order valence-corrected chi connectivity index (χ4v) is 1.67. The van der Waals surface area contributed by atoms with E-state index in [4.69, 9.17) is 4.74 Å². The summed E-state index contributed by atoms with van der Waals surface area (Å²) in [5.74, 6) is -0.219. The Morgan fingerprint density at radius 1 is 1.27 bits per heavy atom. The van der Waals surface area contributed by atoms with Crippen LogP contribution in [-0.4, -0.2) is 17.0 Å². The molecule has 0 unspecified atom stereocenters. The van der Waals surface area contributed by atoms with Crippen LogP contribution in [0, 0.1) is 6.92 Å². The molecule has 0 atom stereocenters. The molecule has 2 nitrogen and oxygen atoms in total. The minimum absolute atomic E-state index is 0.219. The van der Waals surface area contributed by atoms with Crippen molar-refractivity contribution in [2.24, 2.45) is 0 Å². The quantitative estimate of drug-likeness (QED) is 0.360. The van der Waals surface area contributed by atoms with Gasteiger partial charge in [-0.1, -0.05) is 40.3 Å². The van der Waals surface area contributed by atoms with Crippen molar-refractivity contribution in [1.29, 1.82) is 0 Å². The molecule has 0 saturated heterocycles. The number of benzene rings is 1. The molecular weight excluding hydrogens is 303 g/mol. The number of aryl methyl sites for hydroxylation is 1. The molecular formula is C12H15IO2. The Morgan fingerprint density at radius 3 is 2.53 bits per heavy atom. The highest BCUT2D eigenvalue weighted by Crippen LogP contribution is 2.05. The number of esters is 1. The summed E-state index contributed by atoms with van der Waals surface area (Å²) in [4.78, 5) is 11.5. The Bertz CT molecular complexity index is 306. The van der Waals surface area contributed by atoms with Crippen LogP contribution in [0.1, 0.15) is 28.8 Å². The molecule has 0 N–H and O–H groups in total. The first kappa shape index (κ1) is 12.5.